The standard InChI is InChI=1S/C18H19BrO3/c1-3-4-10-21-16-7-5-6-14(12-16)18(20)22-17-9-8-15(19)11-13(17)2/h5-9,11-12H,3-4,10H2,1-2H3. The van der Waals surface area contributed by atoms with E-state index >= 15 is 0 Å². The maximum absolute atomic E-state index is 12.2. The number of esters is 1. The lowest BCUT2D eigenvalue weighted by molar-refractivity contribution is 0.0733. The third-order valence-corrected chi connectivity index (χ3v) is 3.67. The second-order valence-corrected chi connectivity index (χ2v) is 5.94. The lowest BCUT2D eigenvalue weighted by atomic mass is 10.2. The number of rotatable bonds is 6. The summed E-state index contributed by atoms with van der Waals surface area (Å²) < 4.78 is 12.0. The first-order valence-electron chi connectivity index (χ1n) is 7.31. The van der Waals surface area contributed by atoms with Crippen LogP contribution in [0.15, 0.2) is 46.9 Å². The molecule has 3 nitrogen and oxygen atoms in total. The molecule has 116 valence electrons. The van der Waals surface area contributed by atoms with E-state index in [0.717, 1.165) is 22.9 Å². The quantitative estimate of drug-likeness (QED) is 0.404. The highest BCUT2D eigenvalue weighted by Crippen LogP contribution is 2.23. The molecule has 0 spiro atoms. The van der Waals surface area contributed by atoms with Crippen molar-refractivity contribution in [3.05, 3.63) is 58.1 Å². The zero-order valence-electron chi connectivity index (χ0n) is 12.8. The highest BCUT2D eigenvalue weighted by molar-refractivity contribution is 9.10. The molecule has 0 saturated heterocycles. The molecule has 0 heterocycles. The van der Waals surface area contributed by atoms with Gasteiger partial charge >= 0.3 is 5.97 Å². The Bertz CT molecular complexity index is 653. The minimum Gasteiger partial charge on any atom is -0.494 e. The van der Waals surface area contributed by atoms with E-state index in [4.69, 9.17) is 9.47 Å². The van der Waals surface area contributed by atoms with Crippen LogP contribution < -0.4 is 9.47 Å². The Hall–Kier alpha value is -1.81. The normalized spacial score (nSPS) is 10.3. The summed E-state index contributed by atoms with van der Waals surface area (Å²) >= 11 is 3.39. The van der Waals surface area contributed by atoms with Crippen LogP contribution in [0.2, 0.25) is 0 Å². The van der Waals surface area contributed by atoms with E-state index in [1.165, 1.54) is 0 Å². The molecular weight excluding hydrogens is 344 g/mol. The summed E-state index contributed by atoms with van der Waals surface area (Å²) in [6.07, 6.45) is 2.07. The SMILES string of the molecule is CCCCOc1cccc(C(=O)Oc2ccc(Br)cc2C)c1. The fraction of sp³-hybridized carbons (Fsp3) is 0.278. The molecule has 0 amide bonds. The topological polar surface area (TPSA) is 35.5 Å². The van der Waals surface area contributed by atoms with Gasteiger partial charge in [0, 0.05) is 4.47 Å². The summed E-state index contributed by atoms with van der Waals surface area (Å²) in [7, 11) is 0. The molecule has 2 aromatic rings. The van der Waals surface area contributed by atoms with E-state index in [-0.39, 0.29) is 5.97 Å². The first kappa shape index (κ1) is 16.6. The molecule has 0 unspecified atom stereocenters. The van der Waals surface area contributed by atoms with Gasteiger partial charge in [-0.2, -0.15) is 0 Å². The minimum absolute atomic E-state index is 0.383. The van der Waals surface area contributed by atoms with Crippen molar-refractivity contribution < 1.29 is 14.3 Å². The Morgan fingerprint density at radius 2 is 2.00 bits per heavy atom. The molecule has 0 aliphatic heterocycles. The van der Waals surface area contributed by atoms with Gasteiger partial charge in [-0.3, -0.25) is 0 Å². The van der Waals surface area contributed by atoms with Crippen molar-refractivity contribution in [3.8, 4) is 11.5 Å². The van der Waals surface area contributed by atoms with E-state index in [0.29, 0.717) is 23.7 Å². The summed E-state index contributed by atoms with van der Waals surface area (Å²) in [5.74, 6) is 0.868. The summed E-state index contributed by atoms with van der Waals surface area (Å²) in [4.78, 5) is 12.2. The first-order valence-corrected chi connectivity index (χ1v) is 8.10. The molecule has 2 aromatic carbocycles. The number of unbranched alkanes of at least 4 members (excludes halogenated alkanes) is 1. The number of hydrogen-bond donors (Lipinski definition) is 0. The van der Waals surface area contributed by atoms with Gasteiger partial charge in [-0.15, -0.1) is 0 Å². The largest absolute Gasteiger partial charge is 0.494 e. The van der Waals surface area contributed by atoms with E-state index in [1.54, 1.807) is 24.3 Å². The van der Waals surface area contributed by atoms with Crippen molar-refractivity contribution >= 4 is 21.9 Å². The monoisotopic (exact) mass is 362 g/mol. The van der Waals surface area contributed by atoms with Gasteiger partial charge in [-0.1, -0.05) is 35.3 Å². The predicted molar refractivity (Wildman–Crippen MR) is 90.7 cm³/mol. The van der Waals surface area contributed by atoms with Crippen LogP contribution in [0.5, 0.6) is 11.5 Å². The van der Waals surface area contributed by atoms with Crippen LogP contribution in [0.4, 0.5) is 0 Å². The first-order chi connectivity index (χ1) is 10.6. The van der Waals surface area contributed by atoms with Crippen LogP contribution in [0.3, 0.4) is 0 Å². The predicted octanol–water partition coefficient (Wildman–Crippen LogP) is 5.16. The molecule has 4 heteroatoms. The Morgan fingerprint density at radius 3 is 2.73 bits per heavy atom. The van der Waals surface area contributed by atoms with Crippen LogP contribution in [0.25, 0.3) is 0 Å². The Kier molecular flexibility index (Phi) is 6.01. The van der Waals surface area contributed by atoms with Crippen molar-refractivity contribution in [1.29, 1.82) is 0 Å². The van der Waals surface area contributed by atoms with Crippen LogP contribution in [-0.2, 0) is 0 Å². The van der Waals surface area contributed by atoms with Gasteiger partial charge in [0.05, 0.1) is 12.2 Å². The molecule has 2 rings (SSSR count). The Labute approximate surface area is 139 Å². The number of carbonyl (C=O) groups excluding carboxylic acids is 1. The molecule has 0 atom stereocenters. The molecular formula is C18H19BrO3. The number of ether oxygens (including phenoxy) is 2. The fourth-order valence-corrected chi connectivity index (χ4v) is 2.41. The van der Waals surface area contributed by atoms with Crippen LogP contribution in [0.1, 0.15) is 35.7 Å². The van der Waals surface area contributed by atoms with Crippen molar-refractivity contribution in [3.63, 3.8) is 0 Å². The number of halogens is 1. The zero-order valence-corrected chi connectivity index (χ0v) is 14.4. The number of hydrogen-bond acceptors (Lipinski definition) is 3. The molecule has 0 bridgehead atoms. The van der Waals surface area contributed by atoms with Crippen LogP contribution in [-0.4, -0.2) is 12.6 Å². The maximum atomic E-state index is 12.2. The molecule has 22 heavy (non-hydrogen) atoms. The average Bonchev–Trinajstić information content (AvgIpc) is 2.50. The van der Waals surface area contributed by atoms with E-state index < -0.39 is 0 Å². The van der Waals surface area contributed by atoms with Gasteiger partial charge in [0.15, 0.2) is 0 Å². The van der Waals surface area contributed by atoms with Crippen molar-refractivity contribution in [2.75, 3.05) is 6.61 Å². The molecule has 0 aromatic heterocycles. The molecule has 0 aliphatic rings. The third-order valence-electron chi connectivity index (χ3n) is 3.18. The number of benzene rings is 2. The lowest BCUT2D eigenvalue weighted by Gasteiger charge is -2.09. The molecule has 0 saturated carbocycles. The van der Waals surface area contributed by atoms with Crippen molar-refractivity contribution in [1.82, 2.24) is 0 Å². The van der Waals surface area contributed by atoms with Crippen molar-refractivity contribution in [2.45, 2.75) is 26.7 Å². The van der Waals surface area contributed by atoms with Gasteiger partial charge in [0.2, 0.25) is 0 Å². The number of aryl methyl sites for hydroxylation is 1. The fourth-order valence-electron chi connectivity index (χ4n) is 1.93. The maximum Gasteiger partial charge on any atom is 0.343 e. The Morgan fingerprint density at radius 1 is 1.18 bits per heavy atom. The van der Waals surface area contributed by atoms with Crippen LogP contribution in [0, 0.1) is 6.92 Å². The summed E-state index contributed by atoms with van der Waals surface area (Å²) in [6.45, 7) is 4.66. The van der Waals surface area contributed by atoms with E-state index in [9.17, 15) is 4.79 Å². The molecule has 0 aliphatic carbocycles. The second kappa shape index (κ2) is 7.99. The zero-order chi connectivity index (χ0) is 15.9. The minimum atomic E-state index is -0.383. The summed E-state index contributed by atoms with van der Waals surface area (Å²) in [5.41, 5.74) is 1.38. The highest BCUT2D eigenvalue weighted by Gasteiger charge is 2.11. The van der Waals surface area contributed by atoms with Gasteiger partial charge in [-0.05, 0) is 55.3 Å². The number of carbonyl (C=O) groups is 1. The summed E-state index contributed by atoms with van der Waals surface area (Å²) in [5, 5.41) is 0. The second-order valence-electron chi connectivity index (χ2n) is 5.03. The van der Waals surface area contributed by atoms with Gasteiger partial charge in [-0.25, -0.2) is 4.79 Å². The smallest absolute Gasteiger partial charge is 0.343 e. The molecule has 0 fully saturated rings. The molecule has 0 radical (unpaired) electrons. The third kappa shape index (κ3) is 4.60. The van der Waals surface area contributed by atoms with Crippen LogP contribution >= 0.6 is 15.9 Å². The van der Waals surface area contributed by atoms with E-state index in [1.807, 2.05) is 25.1 Å². The summed E-state index contributed by atoms with van der Waals surface area (Å²) in [6, 6.07) is 12.6. The average molecular weight is 363 g/mol. The van der Waals surface area contributed by atoms with Gasteiger partial charge in [0.25, 0.3) is 0 Å². The Balaban J connectivity index is 2.07. The molecule has 0 N–H and O–H groups in total. The van der Waals surface area contributed by atoms with Gasteiger partial charge in [0.1, 0.15) is 11.5 Å². The van der Waals surface area contributed by atoms with Gasteiger partial charge < -0.3 is 9.47 Å². The highest BCUT2D eigenvalue weighted by atomic mass is 79.9. The van der Waals surface area contributed by atoms with E-state index in [2.05, 4.69) is 22.9 Å². The lowest BCUT2D eigenvalue weighted by Crippen LogP contribution is -2.09. The van der Waals surface area contributed by atoms with Crippen molar-refractivity contribution in [2.24, 2.45) is 0 Å².